The van der Waals surface area contributed by atoms with Crippen molar-refractivity contribution in [3.63, 3.8) is 0 Å². The predicted molar refractivity (Wildman–Crippen MR) is 104 cm³/mol. The Bertz CT molecular complexity index is 812. The zero-order valence-corrected chi connectivity index (χ0v) is 16.6. The van der Waals surface area contributed by atoms with Gasteiger partial charge in [-0.25, -0.2) is 4.79 Å². The fraction of sp³-hybridized carbons (Fsp3) is 0.118. The molecule has 0 heterocycles. The summed E-state index contributed by atoms with van der Waals surface area (Å²) < 4.78 is 1.64. The third-order valence-corrected chi connectivity index (χ3v) is 4.40. The highest BCUT2D eigenvalue weighted by Gasteiger charge is 2.18. The highest BCUT2D eigenvalue weighted by Crippen LogP contribution is 2.20. The molecule has 5 N–H and O–H groups in total. The zero-order valence-electron chi connectivity index (χ0n) is 13.5. The Morgan fingerprint density at radius 1 is 0.962 bits per heavy atom. The van der Waals surface area contributed by atoms with Crippen molar-refractivity contribution in [2.24, 2.45) is 5.73 Å². The molecule has 0 aliphatic rings. The summed E-state index contributed by atoms with van der Waals surface area (Å²) in [5, 5.41) is 2.52. The van der Waals surface area contributed by atoms with Gasteiger partial charge in [-0.3, -0.25) is 20.4 Å². The number of benzene rings is 2. The van der Waals surface area contributed by atoms with Gasteiger partial charge in [0.25, 0.3) is 5.91 Å². The fourth-order valence-corrected chi connectivity index (χ4v) is 2.86. The van der Waals surface area contributed by atoms with Crippen LogP contribution in [-0.2, 0) is 4.79 Å². The van der Waals surface area contributed by atoms with Crippen molar-refractivity contribution in [1.29, 1.82) is 0 Å². The number of carbonyl (C=O) groups is 3. The number of hydrogen-bond donors (Lipinski definition) is 4. The van der Waals surface area contributed by atoms with E-state index in [0.29, 0.717) is 11.1 Å². The van der Waals surface area contributed by atoms with Gasteiger partial charge in [-0.1, -0.05) is 44.0 Å². The second-order valence-electron chi connectivity index (χ2n) is 5.33. The summed E-state index contributed by atoms with van der Waals surface area (Å²) >= 11 is 6.62. The van der Waals surface area contributed by atoms with Gasteiger partial charge in [0.05, 0.1) is 12.5 Å². The fourth-order valence-electron chi connectivity index (χ4n) is 2.18. The molecule has 0 aromatic heterocycles. The van der Waals surface area contributed by atoms with Crippen LogP contribution in [0.5, 0.6) is 0 Å². The molecule has 2 aromatic carbocycles. The molecule has 1 atom stereocenters. The van der Waals surface area contributed by atoms with E-state index in [9.17, 15) is 14.4 Å². The van der Waals surface area contributed by atoms with E-state index in [1.54, 1.807) is 42.5 Å². The number of nitrogens with two attached hydrogens (primary N) is 1. The lowest BCUT2D eigenvalue weighted by atomic mass is 10.0. The average molecular weight is 484 g/mol. The lowest BCUT2D eigenvalue weighted by molar-refractivity contribution is -0.122. The van der Waals surface area contributed by atoms with Crippen LogP contribution in [0, 0.1) is 0 Å². The normalized spacial score (nSPS) is 11.3. The van der Waals surface area contributed by atoms with Crippen molar-refractivity contribution in [3.05, 3.63) is 68.6 Å². The number of carbonyl (C=O) groups excluding carboxylic acids is 3. The Morgan fingerprint density at radius 3 is 2.27 bits per heavy atom. The number of hydrogen-bond acceptors (Lipinski definition) is 3. The second-order valence-corrected chi connectivity index (χ2v) is 7.16. The number of nitrogens with one attached hydrogen (secondary N) is 3. The van der Waals surface area contributed by atoms with Crippen LogP contribution in [0.15, 0.2) is 57.5 Å². The molecule has 0 radical (unpaired) electrons. The van der Waals surface area contributed by atoms with Gasteiger partial charge < -0.3 is 11.1 Å². The zero-order chi connectivity index (χ0) is 19.1. The Morgan fingerprint density at radius 2 is 1.65 bits per heavy atom. The standard InChI is InChI=1S/C17H16Br2N4O3/c18-12-6-4-10(5-7-12)16(25)23-22-15(24)9-14(21-17(20)26)11-2-1-3-13(19)8-11/h1-8,14H,9H2,(H,22,24)(H,23,25)(H3,20,21,26). The first kappa shape index (κ1) is 19.9. The van der Waals surface area contributed by atoms with Gasteiger partial charge in [0.15, 0.2) is 0 Å². The molecule has 136 valence electrons. The first-order chi connectivity index (χ1) is 12.3. The minimum Gasteiger partial charge on any atom is -0.352 e. The first-order valence-electron chi connectivity index (χ1n) is 7.51. The van der Waals surface area contributed by atoms with Crippen molar-refractivity contribution in [1.82, 2.24) is 16.2 Å². The van der Waals surface area contributed by atoms with Crippen LogP contribution in [0.2, 0.25) is 0 Å². The third-order valence-electron chi connectivity index (χ3n) is 3.38. The number of amides is 4. The maximum Gasteiger partial charge on any atom is 0.312 e. The molecule has 2 aromatic rings. The van der Waals surface area contributed by atoms with E-state index in [4.69, 9.17) is 5.73 Å². The lowest BCUT2D eigenvalue weighted by Gasteiger charge is -2.18. The van der Waals surface area contributed by atoms with Crippen LogP contribution in [-0.4, -0.2) is 17.8 Å². The number of urea groups is 1. The monoisotopic (exact) mass is 482 g/mol. The van der Waals surface area contributed by atoms with Gasteiger partial charge >= 0.3 is 6.03 Å². The Labute approximate surface area is 166 Å². The lowest BCUT2D eigenvalue weighted by Crippen LogP contribution is -2.44. The average Bonchev–Trinajstić information content (AvgIpc) is 2.59. The SMILES string of the molecule is NC(=O)NC(CC(=O)NNC(=O)c1ccc(Br)cc1)c1cccc(Br)c1. The smallest absolute Gasteiger partial charge is 0.312 e. The molecule has 4 amide bonds. The molecule has 9 heteroatoms. The Balaban J connectivity index is 1.97. The summed E-state index contributed by atoms with van der Waals surface area (Å²) in [7, 11) is 0. The summed E-state index contributed by atoms with van der Waals surface area (Å²) in [4.78, 5) is 35.4. The minimum absolute atomic E-state index is 0.0972. The predicted octanol–water partition coefficient (Wildman–Crippen LogP) is 2.77. The molecule has 7 nitrogen and oxygen atoms in total. The molecule has 0 aliphatic carbocycles. The molecule has 26 heavy (non-hydrogen) atoms. The largest absolute Gasteiger partial charge is 0.352 e. The molecule has 0 saturated carbocycles. The molecule has 0 saturated heterocycles. The van der Waals surface area contributed by atoms with Crippen molar-refractivity contribution in [3.8, 4) is 0 Å². The number of primary amides is 1. The van der Waals surface area contributed by atoms with Crippen molar-refractivity contribution in [2.75, 3.05) is 0 Å². The van der Waals surface area contributed by atoms with Crippen LogP contribution in [0.25, 0.3) is 0 Å². The highest BCUT2D eigenvalue weighted by molar-refractivity contribution is 9.10. The van der Waals surface area contributed by atoms with Gasteiger partial charge in [0.2, 0.25) is 5.91 Å². The van der Waals surface area contributed by atoms with E-state index in [0.717, 1.165) is 8.95 Å². The molecule has 0 spiro atoms. The number of hydrazine groups is 1. The molecule has 1 unspecified atom stereocenters. The summed E-state index contributed by atoms with van der Waals surface area (Å²) in [6, 6.07) is 12.4. The van der Waals surface area contributed by atoms with E-state index in [-0.39, 0.29) is 6.42 Å². The second kappa shape index (κ2) is 9.35. The van der Waals surface area contributed by atoms with Crippen LogP contribution in [0.3, 0.4) is 0 Å². The molecule has 0 bridgehead atoms. The first-order valence-corrected chi connectivity index (χ1v) is 9.10. The third kappa shape index (κ3) is 6.16. The van der Waals surface area contributed by atoms with Crippen LogP contribution in [0.1, 0.15) is 28.4 Å². The summed E-state index contributed by atoms with van der Waals surface area (Å²) in [6.07, 6.45) is -0.0972. The van der Waals surface area contributed by atoms with Gasteiger partial charge in [0, 0.05) is 14.5 Å². The van der Waals surface area contributed by atoms with E-state index < -0.39 is 23.9 Å². The van der Waals surface area contributed by atoms with Gasteiger partial charge in [-0.15, -0.1) is 0 Å². The van der Waals surface area contributed by atoms with E-state index in [1.807, 2.05) is 6.07 Å². The van der Waals surface area contributed by atoms with Gasteiger partial charge in [-0.05, 0) is 42.0 Å². The molecular weight excluding hydrogens is 468 g/mol. The molecule has 2 rings (SSSR count). The highest BCUT2D eigenvalue weighted by atomic mass is 79.9. The summed E-state index contributed by atoms with van der Waals surface area (Å²) in [5.74, 6) is -0.929. The Kier molecular flexibility index (Phi) is 7.16. The van der Waals surface area contributed by atoms with Crippen molar-refractivity contribution < 1.29 is 14.4 Å². The van der Waals surface area contributed by atoms with Crippen molar-refractivity contribution >= 4 is 49.7 Å². The van der Waals surface area contributed by atoms with Gasteiger partial charge in [-0.2, -0.15) is 0 Å². The van der Waals surface area contributed by atoms with E-state index >= 15 is 0 Å². The molecule has 0 fully saturated rings. The molecule has 0 aliphatic heterocycles. The minimum atomic E-state index is -0.748. The quantitative estimate of drug-likeness (QED) is 0.490. The van der Waals surface area contributed by atoms with Crippen LogP contribution in [0.4, 0.5) is 4.79 Å². The maximum atomic E-state index is 12.1. The molecular formula is C17H16Br2N4O3. The van der Waals surface area contributed by atoms with E-state index in [1.165, 1.54) is 0 Å². The van der Waals surface area contributed by atoms with Gasteiger partial charge in [0.1, 0.15) is 0 Å². The Hall–Kier alpha value is -2.39. The topological polar surface area (TPSA) is 113 Å². The summed E-state index contributed by atoms with van der Waals surface area (Å²) in [6.45, 7) is 0. The van der Waals surface area contributed by atoms with Crippen LogP contribution < -0.4 is 21.9 Å². The summed E-state index contributed by atoms with van der Waals surface area (Å²) in [5.41, 5.74) is 10.9. The number of rotatable bonds is 5. The maximum absolute atomic E-state index is 12.1. The van der Waals surface area contributed by atoms with Crippen LogP contribution >= 0.6 is 31.9 Å². The van der Waals surface area contributed by atoms with E-state index in [2.05, 4.69) is 48.0 Å². The number of halogens is 2. The van der Waals surface area contributed by atoms with Crippen molar-refractivity contribution in [2.45, 2.75) is 12.5 Å².